The Labute approximate surface area is 144 Å². The quantitative estimate of drug-likeness (QED) is 0.885. The molecule has 0 spiro atoms. The van der Waals surface area contributed by atoms with Crippen LogP contribution in [-0.2, 0) is 14.3 Å². The van der Waals surface area contributed by atoms with E-state index in [1.165, 1.54) is 24.1 Å². The van der Waals surface area contributed by atoms with Crippen molar-refractivity contribution < 1.29 is 28.2 Å². The fraction of sp³-hybridized carbons (Fsp3) is 0.529. The molecule has 0 unspecified atom stereocenters. The summed E-state index contributed by atoms with van der Waals surface area (Å²) in [5, 5.41) is 9.43. The van der Waals surface area contributed by atoms with Crippen molar-refractivity contribution in [3.8, 4) is 0 Å². The van der Waals surface area contributed by atoms with Gasteiger partial charge in [0.1, 0.15) is 6.04 Å². The van der Waals surface area contributed by atoms with E-state index in [2.05, 4.69) is 0 Å². The average molecular weight is 354 g/mol. The Hall–Kier alpha value is -2.06. The SMILES string of the molecule is CN1[C@H](C(=O)O)C[C@H](C(=O)N2CCOCC2)[C@@H]1c1cccc(F)c1F. The number of likely N-dealkylation sites (tertiary alicyclic amines) is 1. The van der Waals surface area contributed by atoms with Crippen molar-refractivity contribution in [3.05, 3.63) is 35.4 Å². The van der Waals surface area contributed by atoms with Gasteiger partial charge in [0.25, 0.3) is 0 Å². The first kappa shape index (κ1) is 17.8. The maximum Gasteiger partial charge on any atom is 0.320 e. The molecule has 1 aromatic rings. The number of likely N-dealkylation sites (N-methyl/N-ethyl adjacent to an activating group) is 1. The Morgan fingerprint density at radius 2 is 1.92 bits per heavy atom. The van der Waals surface area contributed by atoms with Gasteiger partial charge in [-0.15, -0.1) is 0 Å². The first-order valence-electron chi connectivity index (χ1n) is 8.17. The largest absolute Gasteiger partial charge is 0.480 e. The van der Waals surface area contributed by atoms with Crippen molar-refractivity contribution >= 4 is 11.9 Å². The van der Waals surface area contributed by atoms with E-state index in [1.54, 1.807) is 4.90 Å². The molecule has 0 aromatic heterocycles. The number of morpholine rings is 1. The summed E-state index contributed by atoms with van der Waals surface area (Å²) in [6, 6.07) is 2.02. The lowest BCUT2D eigenvalue weighted by atomic mass is 9.91. The molecule has 0 bridgehead atoms. The van der Waals surface area contributed by atoms with Crippen LogP contribution in [0.15, 0.2) is 18.2 Å². The lowest BCUT2D eigenvalue weighted by molar-refractivity contribution is -0.142. The highest BCUT2D eigenvalue weighted by Gasteiger charge is 2.48. The molecule has 3 atom stereocenters. The summed E-state index contributed by atoms with van der Waals surface area (Å²) in [6.45, 7) is 1.65. The van der Waals surface area contributed by atoms with Gasteiger partial charge in [-0.3, -0.25) is 14.5 Å². The Bertz CT molecular complexity index is 679. The van der Waals surface area contributed by atoms with Gasteiger partial charge in [0.2, 0.25) is 5.91 Å². The number of amides is 1. The minimum absolute atomic E-state index is 0.0119. The number of benzene rings is 1. The molecule has 0 saturated carbocycles. The van der Waals surface area contributed by atoms with Crippen LogP contribution in [0, 0.1) is 17.6 Å². The van der Waals surface area contributed by atoms with Crippen LogP contribution in [0.3, 0.4) is 0 Å². The van der Waals surface area contributed by atoms with Gasteiger partial charge in [-0.25, -0.2) is 8.78 Å². The van der Waals surface area contributed by atoms with Crippen molar-refractivity contribution in [2.45, 2.75) is 18.5 Å². The summed E-state index contributed by atoms with van der Waals surface area (Å²) in [4.78, 5) is 27.5. The standard InChI is InChI=1S/C17H20F2N2O4/c1-20-13(17(23)24)9-11(16(22)21-5-7-25-8-6-21)15(20)10-3-2-4-12(18)14(10)19/h2-4,11,13,15H,5-9H2,1H3,(H,23,24)/t11-,13-,15-/m0/s1. The van der Waals surface area contributed by atoms with Crippen molar-refractivity contribution in [2.75, 3.05) is 33.4 Å². The van der Waals surface area contributed by atoms with E-state index in [4.69, 9.17) is 4.74 Å². The van der Waals surface area contributed by atoms with E-state index < -0.39 is 35.6 Å². The highest BCUT2D eigenvalue weighted by molar-refractivity contribution is 5.83. The summed E-state index contributed by atoms with van der Waals surface area (Å²) in [7, 11) is 1.53. The van der Waals surface area contributed by atoms with E-state index >= 15 is 0 Å². The number of carbonyl (C=O) groups is 2. The van der Waals surface area contributed by atoms with Crippen LogP contribution in [0.1, 0.15) is 18.0 Å². The molecule has 1 amide bonds. The lowest BCUT2D eigenvalue weighted by Crippen LogP contribution is -2.45. The van der Waals surface area contributed by atoms with Gasteiger partial charge in [-0.2, -0.15) is 0 Å². The van der Waals surface area contributed by atoms with Crippen molar-refractivity contribution in [1.82, 2.24) is 9.80 Å². The number of carbonyl (C=O) groups excluding carboxylic acids is 1. The second kappa shape index (κ2) is 7.05. The molecule has 2 saturated heterocycles. The Morgan fingerprint density at radius 1 is 1.24 bits per heavy atom. The summed E-state index contributed by atoms with van der Waals surface area (Å²) >= 11 is 0. The number of carboxylic acid groups (broad SMARTS) is 1. The molecule has 2 aliphatic rings. The highest BCUT2D eigenvalue weighted by Crippen LogP contribution is 2.42. The van der Waals surface area contributed by atoms with Crippen LogP contribution < -0.4 is 0 Å². The van der Waals surface area contributed by atoms with Gasteiger partial charge in [0.15, 0.2) is 11.6 Å². The van der Waals surface area contributed by atoms with E-state index in [9.17, 15) is 23.5 Å². The minimum Gasteiger partial charge on any atom is -0.480 e. The number of halogens is 2. The number of carboxylic acids is 1. The molecule has 2 aliphatic heterocycles. The molecule has 25 heavy (non-hydrogen) atoms. The number of rotatable bonds is 3. The number of aliphatic carboxylic acids is 1. The van der Waals surface area contributed by atoms with Crippen LogP contribution in [-0.4, -0.2) is 66.2 Å². The lowest BCUT2D eigenvalue weighted by Gasteiger charge is -2.32. The van der Waals surface area contributed by atoms with Crippen LogP contribution in [0.2, 0.25) is 0 Å². The maximum atomic E-state index is 14.3. The number of ether oxygens (including phenoxy) is 1. The fourth-order valence-electron chi connectivity index (χ4n) is 3.73. The highest BCUT2D eigenvalue weighted by atomic mass is 19.2. The molecular formula is C17H20F2N2O4. The Kier molecular flexibility index (Phi) is 5.01. The van der Waals surface area contributed by atoms with Crippen LogP contribution >= 0.6 is 0 Å². The van der Waals surface area contributed by atoms with Crippen LogP contribution in [0.5, 0.6) is 0 Å². The summed E-state index contributed by atoms with van der Waals surface area (Å²) < 4.78 is 33.2. The van der Waals surface area contributed by atoms with E-state index in [0.29, 0.717) is 26.3 Å². The van der Waals surface area contributed by atoms with Crippen LogP contribution in [0.4, 0.5) is 8.78 Å². The molecule has 0 aliphatic carbocycles. The third-order valence-electron chi connectivity index (χ3n) is 5.01. The molecule has 1 N–H and O–H groups in total. The topological polar surface area (TPSA) is 70.1 Å². The average Bonchev–Trinajstić information content (AvgIpc) is 2.95. The summed E-state index contributed by atoms with van der Waals surface area (Å²) in [5.41, 5.74) is 0.0119. The molecule has 136 valence electrons. The van der Waals surface area contributed by atoms with Crippen LogP contribution in [0.25, 0.3) is 0 Å². The predicted molar refractivity (Wildman–Crippen MR) is 83.8 cm³/mol. The zero-order chi connectivity index (χ0) is 18.1. The summed E-state index contributed by atoms with van der Waals surface area (Å²) in [6.07, 6.45) is 0.0582. The van der Waals surface area contributed by atoms with Gasteiger partial charge in [0, 0.05) is 18.7 Å². The smallest absolute Gasteiger partial charge is 0.320 e. The van der Waals surface area contributed by atoms with Crippen molar-refractivity contribution in [3.63, 3.8) is 0 Å². The molecule has 2 heterocycles. The van der Waals surface area contributed by atoms with Crippen molar-refractivity contribution in [2.24, 2.45) is 5.92 Å². The summed E-state index contributed by atoms with van der Waals surface area (Å²) in [5.74, 6) is -4.12. The molecule has 8 heteroatoms. The van der Waals surface area contributed by atoms with Gasteiger partial charge in [-0.05, 0) is 19.5 Å². The first-order valence-corrected chi connectivity index (χ1v) is 8.17. The van der Waals surface area contributed by atoms with Gasteiger partial charge in [0.05, 0.1) is 25.2 Å². The van der Waals surface area contributed by atoms with E-state index in [-0.39, 0.29) is 17.9 Å². The second-order valence-corrected chi connectivity index (χ2v) is 6.39. The van der Waals surface area contributed by atoms with E-state index in [0.717, 1.165) is 6.07 Å². The van der Waals surface area contributed by atoms with Gasteiger partial charge in [-0.1, -0.05) is 12.1 Å². The minimum atomic E-state index is -1.08. The normalized spacial score (nSPS) is 27.5. The van der Waals surface area contributed by atoms with E-state index in [1.807, 2.05) is 0 Å². The number of hydrogen-bond acceptors (Lipinski definition) is 4. The Morgan fingerprint density at radius 3 is 2.56 bits per heavy atom. The molecule has 0 radical (unpaired) electrons. The fourth-order valence-corrected chi connectivity index (χ4v) is 3.73. The molecular weight excluding hydrogens is 334 g/mol. The second-order valence-electron chi connectivity index (χ2n) is 6.39. The number of nitrogens with zero attached hydrogens (tertiary/aromatic N) is 2. The first-order chi connectivity index (χ1) is 11.9. The predicted octanol–water partition coefficient (Wildman–Crippen LogP) is 1.27. The van der Waals surface area contributed by atoms with Crippen molar-refractivity contribution in [1.29, 1.82) is 0 Å². The van der Waals surface area contributed by atoms with Gasteiger partial charge < -0.3 is 14.7 Å². The third-order valence-corrected chi connectivity index (χ3v) is 5.01. The zero-order valence-corrected chi connectivity index (χ0v) is 13.8. The maximum absolute atomic E-state index is 14.3. The zero-order valence-electron chi connectivity index (χ0n) is 13.8. The molecule has 6 nitrogen and oxygen atoms in total. The number of hydrogen-bond donors (Lipinski definition) is 1. The molecule has 3 rings (SSSR count). The molecule has 2 fully saturated rings. The molecule has 1 aromatic carbocycles. The van der Waals surface area contributed by atoms with Gasteiger partial charge >= 0.3 is 5.97 Å². The monoisotopic (exact) mass is 354 g/mol. The third kappa shape index (κ3) is 3.23. The Balaban J connectivity index is 1.97.